The lowest BCUT2D eigenvalue weighted by molar-refractivity contribution is -0.122. The predicted octanol–water partition coefficient (Wildman–Crippen LogP) is 5.46. The molecule has 6 nitrogen and oxygen atoms in total. The Morgan fingerprint density at radius 2 is 1.91 bits per heavy atom. The Labute approximate surface area is 213 Å². The number of thioether (sulfide) groups is 1. The van der Waals surface area contributed by atoms with E-state index in [4.69, 9.17) is 12.2 Å². The summed E-state index contributed by atoms with van der Waals surface area (Å²) in [6.07, 6.45) is 8.96. The number of hydrogen-bond donors (Lipinski definition) is 0. The Balaban J connectivity index is 2.15. The fourth-order valence-corrected chi connectivity index (χ4v) is 6.02. The number of hydrogen-bond acceptors (Lipinski definition) is 6. The van der Waals surface area contributed by atoms with Gasteiger partial charge < -0.3 is 4.90 Å². The van der Waals surface area contributed by atoms with Crippen LogP contribution in [0.25, 0.3) is 6.08 Å². The molecule has 0 aliphatic carbocycles. The van der Waals surface area contributed by atoms with Crippen LogP contribution in [-0.4, -0.2) is 39.3 Å². The maximum absolute atomic E-state index is 13.4. The van der Waals surface area contributed by atoms with Gasteiger partial charge in [-0.3, -0.25) is 19.1 Å². The summed E-state index contributed by atoms with van der Waals surface area (Å²) in [7, 11) is 0. The highest BCUT2D eigenvalue weighted by molar-refractivity contribution is 8.26. The molecule has 2 saturated heterocycles. The van der Waals surface area contributed by atoms with Gasteiger partial charge in [-0.2, -0.15) is 5.26 Å². The second-order valence-electron chi connectivity index (χ2n) is 9.39. The standard InChI is InChI=1S/C26H36N4O2S2/c1-5-7-9-14-30-25(32)22(34-26(30)33)15-20-19(4)21(16-27)24(31)29(13-8-6-2)23(20)28-12-10-11-18(3)17-28/h15,18H,5-14,17H2,1-4H3/b22-15+. The quantitative estimate of drug-likeness (QED) is 0.255. The number of nitrogens with zero attached hydrogens (tertiary/aromatic N) is 4. The third-order valence-corrected chi connectivity index (χ3v) is 8.05. The Morgan fingerprint density at radius 1 is 1.18 bits per heavy atom. The molecule has 1 amide bonds. The smallest absolute Gasteiger partial charge is 0.270 e. The number of carbonyl (C=O) groups is 1. The molecule has 0 aromatic carbocycles. The minimum Gasteiger partial charge on any atom is -0.357 e. The Bertz CT molecular complexity index is 1070. The molecule has 3 heterocycles. The van der Waals surface area contributed by atoms with Gasteiger partial charge in [-0.25, -0.2) is 0 Å². The molecule has 1 aromatic rings. The van der Waals surface area contributed by atoms with Crippen molar-refractivity contribution in [3.05, 3.63) is 31.9 Å². The summed E-state index contributed by atoms with van der Waals surface area (Å²) < 4.78 is 2.36. The zero-order chi connectivity index (χ0) is 24.8. The van der Waals surface area contributed by atoms with E-state index >= 15 is 0 Å². The van der Waals surface area contributed by atoms with E-state index in [0.29, 0.717) is 33.8 Å². The van der Waals surface area contributed by atoms with Crippen molar-refractivity contribution in [2.24, 2.45) is 5.92 Å². The molecule has 0 bridgehead atoms. The highest BCUT2D eigenvalue weighted by Crippen LogP contribution is 2.37. The zero-order valence-electron chi connectivity index (χ0n) is 20.9. The van der Waals surface area contributed by atoms with Crippen molar-refractivity contribution in [3.8, 4) is 6.07 Å². The minimum absolute atomic E-state index is 0.0757. The molecule has 1 unspecified atom stereocenters. The topological polar surface area (TPSA) is 69.3 Å². The number of pyridine rings is 1. The molecule has 1 atom stereocenters. The Hall–Kier alpha value is -2.11. The van der Waals surface area contributed by atoms with Crippen LogP contribution in [0.3, 0.4) is 0 Å². The van der Waals surface area contributed by atoms with Crippen LogP contribution in [0, 0.1) is 24.2 Å². The van der Waals surface area contributed by atoms with Crippen LogP contribution in [0.15, 0.2) is 9.70 Å². The van der Waals surface area contributed by atoms with Crippen LogP contribution in [0.1, 0.15) is 82.4 Å². The van der Waals surface area contributed by atoms with Gasteiger partial charge in [0.05, 0.1) is 4.91 Å². The van der Waals surface area contributed by atoms with Crippen molar-refractivity contribution in [2.45, 2.75) is 79.2 Å². The molecule has 2 aliphatic rings. The van der Waals surface area contributed by atoms with Crippen LogP contribution in [-0.2, 0) is 11.3 Å². The second kappa shape index (κ2) is 12.0. The maximum Gasteiger partial charge on any atom is 0.270 e. The third kappa shape index (κ3) is 5.58. The van der Waals surface area contributed by atoms with Crippen LogP contribution in [0.2, 0.25) is 0 Å². The van der Waals surface area contributed by atoms with Gasteiger partial charge in [-0.05, 0) is 50.2 Å². The van der Waals surface area contributed by atoms with Crippen molar-refractivity contribution in [1.29, 1.82) is 5.26 Å². The van der Waals surface area contributed by atoms with Crippen molar-refractivity contribution in [3.63, 3.8) is 0 Å². The number of nitriles is 1. The van der Waals surface area contributed by atoms with Crippen molar-refractivity contribution in [2.75, 3.05) is 24.5 Å². The molecule has 0 saturated carbocycles. The average Bonchev–Trinajstić information content (AvgIpc) is 3.07. The van der Waals surface area contributed by atoms with Gasteiger partial charge in [-0.1, -0.05) is 64.0 Å². The molecule has 0 radical (unpaired) electrons. The highest BCUT2D eigenvalue weighted by atomic mass is 32.2. The van der Waals surface area contributed by atoms with Crippen LogP contribution in [0.4, 0.5) is 5.82 Å². The average molecular weight is 501 g/mol. The Kier molecular flexibility index (Phi) is 9.38. The number of piperidine rings is 1. The van der Waals surface area contributed by atoms with E-state index in [9.17, 15) is 14.9 Å². The summed E-state index contributed by atoms with van der Waals surface area (Å²) in [4.78, 5) is 31.2. The molecule has 8 heteroatoms. The summed E-state index contributed by atoms with van der Waals surface area (Å²) in [5.41, 5.74) is 1.38. The first-order valence-electron chi connectivity index (χ1n) is 12.5. The van der Waals surface area contributed by atoms with Gasteiger partial charge in [0.15, 0.2) is 0 Å². The van der Waals surface area contributed by atoms with E-state index in [0.717, 1.165) is 69.4 Å². The zero-order valence-corrected chi connectivity index (χ0v) is 22.5. The number of unbranched alkanes of at least 4 members (excludes halogenated alkanes) is 3. The van der Waals surface area contributed by atoms with Crippen LogP contribution in [0.5, 0.6) is 0 Å². The number of amides is 1. The normalized spacial score (nSPS) is 19.9. The third-order valence-electron chi connectivity index (χ3n) is 6.67. The summed E-state index contributed by atoms with van der Waals surface area (Å²) >= 11 is 6.85. The van der Waals surface area contributed by atoms with Crippen molar-refractivity contribution >= 4 is 46.1 Å². The highest BCUT2D eigenvalue weighted by Gasteiger charge is 2.33. The molecule has 0 N–H and O–H groups in total. The molecule has 3 rings (SSSR count). The lowest BCUT2D eigenvalue weighted by atomic mass is 9.98. The van der Waals surface area contributed by atoms with Crippen LogP contribution < -0.4 is 10.5 Å². The van der Waals surface area contributed by atoms with Crippen LogP contribution >= 0.6 is 24.0 Å². The monoisotopic (exact) mass is 500 g/mol. The SMILES string of the molecule is CCCCCN1C(=O)/C(=C\c2c(C)c(C#N)c(=O)n(CCCC)c2N2CCCC(C)C2)SC1=S. The minimum atomic E-state index is -0.231. The molecule has 184 valence electrons. The van der Waals surface area contributed by atoms with Gasteiger partial charge in [-0.15, -0.1) is 0 Å². The first-order chi connectivity index (χ1) is 16.3. The first-order valence-corrected chi connectivity index (χ1v) is 13.7. The Morgan fingerprint density at radius 3 is 2.56 bits per heavy atom. The van der Waals surface area contributed by atoms with E-state index in [1.165, 1.54) is 11.8 Å². The predicted molar refractivity (Wildman–Crippen MR) is 145 cm³/mol. The van der Waals surface area contributed by atoms with E-state index in [2.05, 4.69) is 31.7 Å². The molecule has 34 heavy (non-hydrogen) atoms. The second-order valence-corrected chi connectivity index (χ2v) is 11.1. The fraction of sp³-hybridized carbons (Fsp3) is 0.615. The van der Waals surface area contributed by atoms with E-state index in [1.54, 1.807) is 9.47 Å². The largest absolute Gasteiger partial charge is 0.357 e. The molecular weight excluding hydrogens is 464 g/mol. The van der Waals surface area contributed by atoms with Gasteiger partial charge in [0.2, 0.25) is 0 Å². The van der Waals surface area contributed by atoms with E-state index < -0.39 is 0 Å². The van der Waals surface area contributed by atoms with Gasteiger partial charge in [0.1, 0.15) is 21.8 Å². The molecule has 0 spiro atoms. The lowest BCUT2D eigenvalue weighted by Gasteiger charge is -2.36. The lowest BCUT2D eigenvalue weighted by Crippen LogP contribution is -2.40. The van der Waals surface area contributed by atoms with E-state index in [-0.39, 0.29) is 17.0 Å². The molecule has 2 fully saturated rings. The maximum atomic E-state index is 13.4. The number of aromatic nitrogens is 1. The van der Waals surface area contributed by atoms with Gasteiger partial charge in [0.25, 0.3) is 11.5 Å². The summed E-state index contributed by atoms with van der Waals surface area (Å²) in [5.74, 6) is 1.29. The molecule has 1 aromatic heterocycles. The number of anilines is 1. The molecule has 2 aliphatic heterocycles. The van der Waals surface area contributed by atoms with E-state index in [1.807, 2.05) is 13.0 Å². The first kappa shape index (κ1) is 26.5. The number of carbonyl (C=O) groups excluding carboxylic acids is 1. The summed E-state index contributed by atoms with van der Waals surface area (Å²) in [6, 6.07) is 2.14. The van der Waals surface area contributed by atoms with Crippen molar-refractivity contribution < 1.29 is 4.79 Å². The molecular formula is C26H36N4O2S2. The summed E-state index contributed by atoms with van der Waals surface area (Å²) in [5, 5.41) is 9.84. The fourth-order valence-electron chi connectivity index (χ4n) is 4.73. The number of rotatable bonds is 9. The van der Waals surface area contributed by atoms with Crippen molar-refractivity contribution in [1.82, 2.24) is 9.47 Å². The van der Waals surface area contributed by atoms with Gasteiger partial charge >= 0.3 is 0 Å². The summed E-state index contributed by atoms with van der Waals surface area (Å²) in [6.45, 7) is 11.2. The number of thiocarbonyl (C=S) groups is 1. The van der Waals surface area contributed by atoms with Gasteiger partial charge in [0, 0.05) is 31.7 Å².